The van der Waals surface area contributed by atoms with E-state index in [1.54, 1.807) is 0 Å². The maximum atomic E-state index is 14.0. The first-order chi connectivity index (χ1) is 9.45. The minimum atomic E-state index is -1.10. The van der Waals surface area contributed by atoms with Crippen LogP contribution < -0.4 is 0 Å². The lowest BCUT2D eigenvalue weighted by molar-refractivity contribution is -0.142. The number of benzene rings is 1. The van der Waals surface area contributed by atoms with E-state index in [4.69, 9.17) is 11.6 Å². The molecule has 1 N–H and O–H groups in total. The van der Waals surface area contributed by atoms with Crippen LogP contribution in [0, 0.1) is 11.7 Å². The van der Waals surface area contributed by atoms with Crippen molar-refractivity contribution in [3.05, 3.63) is 34.6 Å². The average Bonchev–Trinajstić information content (AvgIpc) is 2.71. The number of carbonyl (C=O) groups is 2. The van der Waals surface area contributed by atoms with Crippen molar-refractivity contribution in [1.29, 1.82) is 0 Å². The van der Waals surface area contributed by atoms with Gasteiger partial charge < -0.3 is 10.0 Å². The molecule has 1 heterocycles. The molecule has 20 heavy (non-hydrogen) atoms. The molecule has 108 valence electrons. The predicted octanol–water partition coefficient (Wildman–Crippen LogP) is 2.86. The molecule has 1 amide bonds. The van der Waals surface area contributed by atoms with Crippen LogP contribution >= 0.6 is 11.6 Å². The molecule has 1 aromatic rings. The summed E-state index contributed by atoms with van der Waals surface area (Å²) in [4.78, 5) is 24.7. The van der Waals surface area contributed by atoms with Crippen molar-refractivity contribution < 1.29 is 19.1 Å². The first kappa shape index (κ1) is 14.8. The Balaban J connectivity index is 2.48. The van der Waals surface area contributed by atoms with Gasteiger partial charge in [-0.05, 0) is 24.6 Å². The summed E-state index contributed by atoms with van der Waals surface area (Å²) in [6.07, 6.45) is 0.572. The lowest BCUT2D eigenvalue weighted by Gasteiger charge is -2.27. The fraction of sp³-hybridized carbons (Fsp3) is 0.429. The number of carboxylic acid groups (broad SMARTS) is 1. The van der Waals surface area contributed by atoms with Crippen molar-refractivity contribution in [3.63, 3.8) is 0 Å². The van der Waals surface area contributed by atoms with E-state index in [1.165, 1.54) is 23.1 Å². The first-order valence-electron chi connectivity index (χ1n) is 6.43. The van der Waals surface area contributed by atoms with Crippen LogP contribution in [0.1, 0.15) is 31.4 Å². The third-order valence-corrected chi connectivity index (χ3v) is 3.73. The summed E-state index contributed by atoms with van der Waals surface area (Å²) in [6, 6.07) is 3.21. The highest BCUT2D eigenvalue weighted by atomic mass is 35.5. The second-order valence-corrected chi connectivity index (χ2v) is 5.28. The molecule has 2 unspecified atom stereocenters. The van der Waals surface area contributed by atoms with E-state index in [2.05, 4.69) is 0 Å². The highest BCUT2D eigenvalue weighted by molar-refractivity contribution is 6.30. The number of hydrogen-bond acceptors (Lipinski definition) is 2. The van der Waals surface area contributed by atoms with Gasteiger partial charge in [-0.2, -0.15) is 0 Å². The van der Waals surface area contributed by atoms with E-state index in [0.717, 1.165) is 0 Å². The zero-order chi connectivity index (χ0) is 14.9. The van der Waals surface area contributed by atoms with Crippen molar-refractivity contribution in [1.82, 2.24) is 4.90 Å². The summed E-state index contributed by atoms with van der Waals surface area (Å²) >= 11 is 5.87. The van der Waals surface area contributed by atoms with Gasteiger partial charge in [0.15, 0.2) is 0 Å². The topological polar surface area (TPSA) is 57.6 Å². The highest BCUT2D eigenvalue weighted by Gasteiger charge is 2.45. The summed E-state index contributed by atoms with van der Waals surface area (Å²) in [7, 11) is 0. The van der Waals surface area contributed by atoms with Crippen LogP contribution in [0.3, 0.4) is 0 Å². The molecule has 2 rings (SSSR count). The average molecular weight is 300 g/mol. The van der Waals surface area contributed by atoms with Crippen LogP contribution in [0.25, 0.3) is 0 Å². The molecule has 1 aliphatic rings. The molecule has 0 bridgehead atoms. The van der Waals surface area contributed by atoms with Crippen LogP contribution in [0.4, 0.5) is 4.39 Å². The summed E-state index contributed by atoms with van der Waals surface area (Å²) in [5.74, 6) is -2.84. The smallest absolute Gasteiger partial charge is 0.309 e. The molecule has 1 aliphatic heterocycles. The normalized spacial score (nSPS) is 22.4. The van der Waals surface area contributed by atoms with E-state index in [-0.39, 0.29) is 17.9 Å². The monoisotopic (exact) mass is 299 g/mol. The Kier molecular flexibility index (Phi) is 4.28. The Morgan fingerprint density at radius 3 is 2.85 bits per heavy atom. The molecule has 0 radical (unpaired) electrons. The maximum absolute atomic E-state index is 14.0. The molecular weight excluding hydrogens is 285 g/mol. The van der Waals surface area contributed by atoms with Crippen molar-refractivity contribution in [2.75, 3.05) is 6.54 Å². The van der Waals surface area contributed by atoms with Gasteiger partial charge in [0, 0.05) is 23.6 Å². The van der Waals surface area contributed by atoms with E-state index >= 15 is 0 Å². The highest BCUT2D eigenvalue weighted by Crippen LogP contribution is 2.40. The Bertz CT molecular complexity index is 549. The number of rotatable bonds is 4. The lowest BCUT2D eigenvalue weighted by atomic mass is 9.93. The minimum Gasteiger partial charge on any atom is -0.481 e. The van der Waals surface area contributed by atoms with E-state index in [0.29, 0.717) is 18.0 Å². The number of halogens is 2. The third kappa shape index (κ3) is 2.63. The Hall–Kier alpha value is -1.62. The zero-order valence-corrected chi connectivity index (χ0v) is 11.7. The molecule has 6 heteroatoms. The van der Waals surface area contributed by atoms with Gasteiger partial charge in [0.25, 0.3) is 0 Å². The Morgan fingerprint density at radius 1 is 1.55 bits per heavy atom. The molecule has 0 saturated carbocycles. The summed E-state index contributed by atoms with van der Waals surface area (Å²) in [5.41, 5.74) is 0.171. The molecule has 2 atom stereocenters. The summed E-state index contributed by atoms with van der Waals surface area (Å²) in [6.45, 7) is 2.28. The van der Waals surface area contributed by atoms with Crippen LogP contribution in [0.5, 0.6) is 0 Å². The second kappa shape index (κ2) is 5.79. The van der Waals surface area contributed by atoms with Crippen molar-refractivity contribution in [2.24, 2.45) is 5.92 Å². The van der Waals surface area contributed by atoms with E-state index < -0.39 is 23.7 Å². The van der Waals surface area contributed by atoms with Gasteiger partial charge >= 0.3 is 5.97 Å². The maximum Gasteiger partial charge on any atom is 0.309 e. The molecule has 0 spiro atoms. The summed E-state index contributed by atoms with van der Waals surface area (Å²) < 4.78 is 14.0. The van der Waals surface area contributed by atoms with Gasteiger partial charge in [-0.3, -0.25) is 9.59 Å². The van der Waals surface area contributed by atoms with E-state index in [1.807, 2.05) is 6.92 Å². The first-order valence-corrected chi connectivity index (χ1v) is 6.80. The number of amides is 1. The zero-order valence-electron chi connectivity index (χ0n) is 11.0. The molecule has 1 saturated heterocycles. The van der Waals surface area contributed by atoms with Crippen molar-refractivity contribution >= 4 is 23.5 Å². The molecule has 0 aliphatic carbocycles. The van der Waals surface area contributed by atoms with Gasteiger partial charge in [0.2, 0.25) is 5.91 Å². The molecule has 4 nitrogen and oxygen atoms in total. The standard InChI is InChI=1S/C14H15ClFNO3/c1-2-5-17-12(18)7-10(14(19)20)13(17)9-6-8(15)3-4-11(9)16/h3-4,6,10,13H,2,5,7H2,1H3,(H,19,20). The molecule has 1 aromatic carbocycles. The largest absolute Gasteiger partial charge is 0.481 e. The van der Waals surface area contributed by atoms with Crippen molar-refractivity contribution in [2.45, 2.75) is 25.8 Å². The summed E-state index contributed by atoms with van der Waals surface area (Å²) in [5, 5.41) is 9.60. The Labute approximate surface area is 121 Å². The number of likely N-dealkylation sites (tertiary alicyclic amines) is 1. The van der Waals surface area contributed by atoms with Gasteiger partial charge in [-0.1, -0.05) is 18.5 Å². The van der Waals surface area contributed by atoms with Gasteiger partial charge in [-0.25, -0.2) is 4.39 Å². The lowest BCUT2D eigenvalue weighted by Crippen LogP contribution is -2.31. The number of nitrogens with zero attached hydrogens (tertiary/aromatic N) is 1. The number of carbonyl (C=O) groups excluding carboxylic acids is 1. The van der Waals surface area contributed by atoms with Crippen LogP contribution in [-0.2, 0) is 9.59 Å². The van der Waals surface area contributed by atoms with Crippen molar-refractivity contribution in [3.8, 4) is 0 Å². The van der Waals surface area contributed by atoms with Crippen LogP contribution in [0.2, 0.25) is 5.02 Å². The fourth-order valence-corrected chi connectivity index (χ4v) is 2.82. The minimum absolute atomic E-state index is 0.105. The molecular formula is C14H15ClFNO3. The number of aliphatic carboxylic acids is 1. The number of carboxylic acids is 1. The van der Waals surface area contributed by atoms with Gasteiger partial charge in [0.1, 0.15) is 5.82 Å². The quantitative estimate of drug-likeness (QED) is 0.930. The van der Waals surface area contributed by atoms with Crippen LogP contribution in [-0.4, -0.2) is 28.4 Å². The SMILES string of the molecule is CCCN1C(=O)CC(C(=O)O)C1c1cc(Cl)ccc1F. The van der Waals surface area contributed by atoms with Crippen LogP contribution in [0.15, 0.2) is 18.2 Å². The van der Waals surface area contributed by atoms with E-state index in [9.17, 15) is 19.1 Å². The third-order valence-electron chi connectivity index (χ3n) is 3.49. The molecule has 0 aromatic heterocycles. The molecule has 1 fully saturated rings. The second-order valence-electron chi connectivity index (χ2n) is 4.85. The Morgan fingerprint density at radius 2 is 2.25 bits per heavy atom. The van der Waals surface area contributed by atoms with Gasteiger partial charge in [0.05, 0.1) is 12.0 Å². The van der Waals surface area contributed by atoms with Gasteiger partial charge in [-0.15, -0.1) is 0 Å². The fourth-order valence-electron chi connectivity index (χ4n) is 2.64. The predicted molar refractivity (Wildman–Crippen MR) is 71.9 cm³/mol. The number of hydrogen-bond donors (Lipinski definition) is 1.